The summed E-state index contributed by atoms with van der Waals surface area (Å²) in [5.74, 6) is 1.42. The molecular weight excluding hydrogens is 401 g/mol. The van der Waals surface area contributed by atoms with Crippen molar-refractivity contribution >= 4 is 17.3 Å². The minimum Gasteiger partial charge on any atom is -0.487 e. The van der Waals surface area contributed by atoms with E-state index in [1.165, 1.54) is 0 Å². The van der Waals surface area contributed by atoms with E-state index in [0.29, 0.717) is 11.0 Å². The number of para-hydroxylation sites is 1. The molecular formula is C20H23F3N4OS. The lowest BCUT2D eigenvalue weighted by atomic mass is 9.86. The first-order chi connectivity index (χ1) is 13.9. The number of guanidine groups is 1. The minimum atomic E-state index is -4.42. The number of thiazole rings is 1. The Labute approximate surface area is 171 Å². The van der Waals surface area contributed by atoms with E-state index in [-0.39, 0.29) is 18.2 Å². The number of aliphatic imine (C=N–C) groups is 1. The van der Waals surface area contributed by atoms with Gasteiger partial charge in [0.25, 0.3) is 0 Å². The van der Waals surface area contributed by atoms with Gasteiger partial charge < -0.3 is 15.4 Å². The highest BCUT2D eigenvalue weighted by atomic mass is 32.1. The number of ether oxygens (including phenoxy) is 1. The van der Waals surface area contributed by atoms with Gasteiger partial charge in [-0.25, -0.2) is 4.98 Å². The quantitative estimate of drug-likeness (QED) is 0.556. The van der Waals surface area contributed by atoms with Gasteiger partial charge in [-0.2, -0.15) is 13.2 Å². The van der Waals surface area contributed by atoms with Crippen LogP contribution in [0.25, 0.3) is 0 Å². The molecule has 1 aromatic carbocycles. The summed E-state index contributed by atoms with van der Waals surface area (Å²) in [5, 5.41) is 7.91. The Balaban J connectivity index is 1.46. The number of hydrogen-bond donors (Lipinski definition) is 2. The zero-order valence-electron chi connectivity index (χ0n) is 16.1. The molecule has 1 aliphatic carbocycles. The Hall–Kier alpha value is -2.29. The fraction of sp³-hybridized carbons (Fsp3) is 0.500. The monoisotopic (exact) mass is 424 g/mol. The summed E-state index contributed by atoms with van der Waals surface area (Å²) < 4.78 is 44.6. The molecule has 1 unspecified atom stereocenters. The second-order valence-corrected chi connectivity index (χ2v) is 8.42. The van der Waals surface area contributed by atoms with Gasteiger partial charge in [0.15, 0.2) is 11.7 Å². The second-order valence-electron chi connectivity index (χ2n) is 7.48. The molecule has 0 amide bonds. The molecule has 1 atom stereocenters. The molecule has 1 spiro atoms. The van der Waals surface area contributed by atoms with E-state index in [1.54, 1.807) is 7.05 Å². The van der Waals surface area contributed by atoms with Crippen LogP contribution >= 0.6 is 11.3 Å². The van der Waals surface area contributed by atoms with Crippen molar-refractivity contribution in [3.05, 3.63) is 45.9 Å². The first-order valence-electron chi connectivity index (χ1n) is 9.65. The van der Waals surface area contributed by atoms with Crippen LogP contribution in [0.1, 0.15) is 54.4 Å². The summed E-state index contributed by atoms with van der Waals surface area (Å²) in [5.41, 5.74) is 0.0623. The maximum absolute atomic E-state index is 12.7. The fourth-order valence-electron chi connectivity index (χ4n) is 4.11. The minimum absolute atomic E-state index is 0.0197. The van der Waals surface area contributed by atoms with E-state index >= 15 is 0 Å². The van der Waals surface area contributed by atoms with E-state index in [4.69, 9.17) is 4.74 Å². The van der Waals surface area contributed by atoms with Crippen molar-refractivity contribution in [3.8, 4) is 5.75 Å². The average molecular weight is 424 g/mol. The highest BCUT2D eigenvalue weighted by Crippen LogP contribution is 2.46. The van der Waals surface area contributed by atoms with E-state index in [1.807, 2.05) is 24.3 Å². The standard InChI is InChI=1S/C20H23F3N4OS/c1-24-18(25-11-17-27-16(12-29-17)20(21,22)23)26-14-10-19(8-4-5-9-19)28-15-7-3-2-6-13(14)15/h2-3,6-7,12,14H,4-5,8-11H2,1H3,(H2,24,25,26). The number of halogens is 3. The Morgan fingerprint density at radius 3 is 2.76 bits per heavy atom. The number of nitrogens with one attached hydrogen (secondary N) is 2. The molecule has 2 heterocycles. The molecule has 0 radical (unpaired) electrons. The van der Waals surface area contributed by atoms with E-state index in [2.05, 4.69) is 20.6 Å². The molecule has 5 nitrogen and oxygen atoms in total. The van der Waals surface area contributed by atoms with Crippen molar-refractivity contribution in [3.63, 3.8) is 0 Å². The van der Waals surface area contributed by atoms with Gasteiger partial charge in [0.1, 0.15) is 16.4 Å². The zero-order valence-corrected chi connectivity index (χ0v) is 16.9. The molecule has 9 heteroatoms. The SMILES string of the molecule is CN=C(NCc1nc(C(F)(F)F)cs1)NC1CC2(CCCC2)Oc2ccccc21. The Kier molecular flexibility index (Phi) is 5.42. The van der Waals surface area contributed by atoms with Crippen molar-refractivity contribution in [1.29, 1.82) is 0 Å². The highest BCUT2D eigenvalue weighted by Gasteiger charge is 2.43. The maximum atomic E-state index is 12.7. The normalized spacial score (nSPS) is 21.0. The number of alkyl halides is 3. The van der Waals surface area contributed by atoms with Crippen LogP contribution in [0.4, 0.5) is 13.2 Å². The Bertz CT molecular complexity index is 890. The van der Waals surface area contributed by atoms with Crippen LogP contribution in [0.2, 0.25) is 0 Å². The molecule has 2 N–H and O–H groups in total. The van der Waals surface area contributed by atoms with Crippen LogP contribution in [0.5, 0.6) is 5.75 Å². The van der Waals surface area contributed by atoms with Gasteiger partial charge in [0.2, 0.25) is 0 Å². The zero-order chi connectivity index (χ0) is 20.5. The number of fused-ring (bicyclic) bond motifs is 1. The molecule has 1 fully saturated rings. The van der Waals surface area contributed by atoms with Crippen LogP contribution in [0.15, 0.2) is 34.6 Å². The lowest BCUT2D eigenvalue weighted by Crippen LogP contribution is -2.46. The molecule has 4 rings (SSSR count). The fourth-order valence-corrected chi connectivity index (χ4v) is 4.85. The van der Waals surface area contributed by atoms with Gasteiger partial charge >= 0.3 is 6.18 Å². The van der Waals surface area contributed by atoms with E-state index < -0.39 is 11.9 Å². The third-order valence-electron chi connectivity index (χ3n) is 5.50. The summed E-state index contributed by atoms with van der Waals surface area (Å²) >= 11 is 0.982. The first-order valence-corrected chi connectivity index (χ1v) is 10.5. The van der Waals surface area contributed by atoms with Gasteiger partial charge in [-0.15, -0.1) is 11.3 Å². The van der Waals surface area contributed by atoms with Crippen LogP contribution in [-0.2, 0) is 12.7 Å². The van der Waals surface area contributed by atoms with Crippen molar-refractivity contribution in [2.24, 2.45) is 4.99 Å². The Morgan fingerprint density at radius 1 is 1.31 bits per heavy atom. The third kappa shape index (κ3) is 4.34. The summed E-state index contributed by atoms with van der Waals surface area (Å²) in [4.78, 5) is 7.91. The van der Waals surface area contributed by atoms with Gasteiger partial charge in [-0.3, -0.25) is 4.99 Å². The molecule has 156 valence electrons. The lowest BCUT2D eigenvalue weighted by molar-refractivity contribution is -0.140. The van der Waals surface area contributed by atoms with E-state index in [9.17, 15) is 13.2 Å². The molecule has 1 saturated carbocycles. The molecule has 2 aliphatic rings. The topological polar surface area (TPSA) is 58.5 Å². The van der Waals surface area contributed by atoms with E-state index in [0.717, 1.165) is 60.1 Å². The van der Waals surface area contributed by atoms with Gasteiger partial charge in [0, 0.05) is 24.4 Å². The smallest absolute Gasteiger partial charge is 0.434 e. The molecule has 0 bridgehead atoms. The van der Waals surface area contributed by atoms with Crippen molar-refractivity contribution in [2.75, 3.05) is 7.05 Å². The first kappa shape index (κ1) is 20.0. The number of aromatic nitrogens is 1. The summed E-state index contributed by atoms with van der Waals surface area (Å²) in [6.45, 7) is 0.177. The summed E-state index contributed by atoms with van der Waals surface area (Å²) in [6.07, 6.45) is 0.799. The van der Waals surface area contributed by atoms with Crippen molar-refractivity contribution in [1.82, 2.24) is 15.6 Å². The van der Waals surface area contributed by atoms with Gasteiger partial charge in [-0.05, 0) is 31.7 Å². The van der Waals surface area contributed by atoms with Gasteiger partial charge in [0.05, 0.1) is 12.6 Å². The van der Waals surface area contributed by atoms with Crippen LogP contribution in [0.3, 0.4) is 0 Å². The van der Waals surface area contributed by atoms with Crippen LogP contribution < -0.4 is 15.4 Å². The van der Waals surface area contributed by atoms with Crippen LogP contribution in [0, 0.1) is 0 Å². The number of rotatable bonds is 3. The second kappa shape index (κ2) is 7.85. The predicted molar refractivity (Wildman–Crippen MR) is 106 cm³/mol. The Morgan fingerprint density at radius 2 is 2.07 bits per heavy atom. The molecule has 2 aromatic rings. The predicted octanol–water partition coefficient (Wildman–Crippen LogP) is 4.66. The maximum Gasteiger partial charge on any atom is 0.434 e. The lowest BCUT2D eigenvalue weighted by Gasteiger charge is -2.40. The third-order valence-corrected chi connectivity index (χ3v) is 6.34. The highest BCUT2D eigenvalue weighted by molar-refractivity contribution is 7.09. The van der Waals surface area contributed by atoms with Crippen molar-refractivity contribution in [2.45, 2.75) is 56.5 Å². The number of benzene rings is 1. The van der Waals surface area contributed by atoms with Crippen LogP contribution in [-0.4, -0.2) is 23.6 Å². The van der Waals surface area contributed by atoms with Gasteiger partial charge in [-0.1, -0.05) is 18.2 Å². The largest absolute Gasteiger partial charge is 0.487 e. The molecule has 29 heavy (non-hydrogen) atoms. The number of hydrogen-bond acceptors (Lipinski definition) is 4. The molecule has 0 saturated heterocycles. The molecule has 1 aliphatic heterocycles. The number of nitrogens with zero attached hydrogens (tertiary/aromatic N) is 2. The molecule has 1 aromatic heterocycles. The van der Waals surface area contributed by atoms with Crippen molar-refractivity contribution < 1.29 is 17.9 Å². The summed E-state index contributed by atoms with van der Waals surface area (Å²) in [6, 6.07) is 8.00. The summed E-state index contributed by atoms with van der Waals surface area (Å²) in [7, 11) is 1.65. The average Bonchev–Trinajstić information content (AvgIpc) is 3.34.